The number of rotatable bonds is 8. The average Bonchev–Trinajstić information content (AvgIpc) is 3.20. The number of nitrogens with one attached hydrogen (secondary N) is 1. The third-order valence-electron chi connectivity index (χ3n) is 4.51. The highest BCUT2D eigenvalue weighted by Crippen LogP contribution is 2.38. The molecule has 0 atom stereocenters. The predicted octanol–water partition coefficient (Wildman–Crippen LogP) is 6.42. The molecular formula is C23H21BrClNO4. The molecule has 0 spiro atoms. The van der Waals surface area contributed by atoms with Gasteiger partial charge in [-0.3, -0.25) is 0 Å². The number of hydrogen-bond donors (Lipinski definition) is 1. The summed E-state index contributed by atoms with van der Waals surface area (Å²) in [6.45, 7) is 3.77. The number of halogens is 2. The number of benzene rings is 3. The molecule has 0 fully saturated rings. The molecule has 0 radical (unpaired) electrons. The van der Waals surface area contributed by atoms with E-state index in [1.807, 2.05) is 61.5 Å². The average molecular weight is 491 g/mol. The van der Waals surface area contributed by atoms with Gasteiger partial charge in [-0.15, -0.1) is 0 Å². The lowest BCUT2D eigenvalue weighted by atomic mass is 10.2. The van der Waals surface area contributed by atoms with Crippen molar-refractivity contribution < 1.29 is 18.9 Å². The Hall–Kier alpha value is -2.57. The van der Waals surface area contributed by atoms with E-state index >= 15 is 0 Å². The van der Waals surface area contributed by atoms with Gasteiger partial charge >= 0.3 is 0 Å². The van der Waals surface area contributed by atoms with Gasteiger partial charge in [0.25, 0.3) is 0 Å². The molecule has 7 heteroatoms. The summed E-state index contributed by atoms with van der Waals surface area (Å²) >= 11 is 9.69. The highest BCUT2D eigenvalue weighted by molar-refractivity contribution is 9.10. The van der Waals surface area contributed by atoms with Crippen molar-refractivity contribution in [2.24, 2.45) is 0 Å². The predicted molar refractivity (Wildman–Crippen MR) is 121 cm³/mol. The smallest absolute Gasteiger partial charge is 0.231 e. The minimum Gasteiger partial charge on any atom is -0.490 e. The number of anilines is 1. The van der Waals surface area contributed by atoms with Gasteiger partial charge in [0.2, 0.25) is 6.79 Å². The Bertz CT molecular complexity index is 1040. The minimum atomic E-state index is 0.264. The van der Waals surface area contributed by atoms with Crippen LogP contribution in [0.2, 0.25) is 5.02 Å². The molecule has 0 unspecified atom stereocenters. The SMILES string of the molecule is CCOc1cc(CNc2ccc3c(c2)OCO3)cc(Br)c1OCc1cccc(Cl)c1. The molecule has 0 saturated carbocycles. The fourth-order valence-corrected chi connectivity index (χ4v) is 3.94. The monoisotopic (exact) mass is 489 g/mol. The lowest BCUT2D eigenvalue weighted by Gasteiger charge is -2.16. The molecular weight excluding hydrogens is 470 g/mol. The molecule has 1 aliphatic heterocycles. The maximum atomic E-state index is 6.06. The van der Waals surface area contributed by atoms with Crippen LogP contribution in [0.1, 0.15) is 18.1 Å². The van der Waals surface area contributed by atoms with Crippen molar-refractivity contribution in [2.75, 3.05) is 18.7 Å². The topological polar surface area (TPSA) is 49.0 Å². The molecule has 0 aliphatic carbocycles. The maximum absolute atomic E-state index is 6.06. The molecule has 0 amide bonds. The molecule has 1 heterocycles. The first-order chi connectivity index (χ1) is 14.6. The van der Waals surface area contributed by atoms with Crippen molar-refractivity contribution in [3.05, 3.63) is 75.2 Å². The van der Waals surface area contributed by atoms with E-state index in [4.69, 9.17) is 30.5 Å². The molecule has 1 N–H and O–H groups in total. The molecule has 3 aromatic carbocycles. The Morgan fingerprint density at radius 3 is 2.70 bits per heavy atom. The third-order valence-corrected chi connectivity index (χ3v) is 5.33. The van der Waals surface area contributed by atoms with Crippen LogP contribution in [0.5, 0.6) is 23.0 Å². The third kappa shape index (κ3) is 4.94. The van der Waals surface area contributed by atoms with Crippen LogP contribution in [0.25, 0.3) is 0 Å². The van der Waals surface area contributed by atoms with Crippen LogP contribution in [0.3, 0.4) is 0 Å². The summed E-state index contributed by atoms with van der Waals surface area (Å²) in [5.74, 6) is 2.88. The van der Waals surface area contributed by atoms with Crippen LogP contribution in [0, 0.1) is 0 Å². The van der Waals surface area contributed by atoms with Gasteiger partial charge in [0, 0.05) is 23.3 Å². The van der Waals surface area contributed by atoms with Crippen molar-refractivity contribution in [3.63, 3.8) is 0 Å². The van der Waals surface area contributed by atoms with Gasteiger partial charge in [0.15, 0.2) is 23.0 Å². The van der Waals surface area contributed by atoms with Crippen molar-refractivity contribution in [1.82, 2.24) is 0 Å². The van der Waals surface area contributed by atoms with Gasteiger partial charge in [-0.1, -0.05) is 23.7 Å². The molecule has 156 valence electrons. The first-order valence-corrected chi connectivity index (χ1v) is 10.8. The van der Waals surface area contributed by atoms with Crippen LogP contribution >= 0.6 is 27.5 Å². The summed E-state index contributed by atoms with van der Waals surface area (Å²) in [5.41, 5.74) is 3.00. The molecule has 30 heavy (non-hydrogen) atoms. The van der Waals surface area contributed by atoms with E-state index in [2.05, 4.69) is 21.2 Å². The van der Waals surface area contributed by atoms with Gasteiger partial charge in [0.05, 0.1) is 11.1 Å². The summed E-state index contributed by atoms with van der Waals surface area (Å²) in [4.78, 5) is 0. The highest BCUT2D eigenvalue weighted by Gasteiger charge is 2.15. The summed E-state index contributed by atoms with van der Waals surface area (Å²) in [5, 5.41) is 4.09. The second-order valence-electron chi connectivity index (χ2n) is 6.68. The van der Waals surface area contributed by atoms with E-state index in [9.17, 15) is 0 Å². The van der Waals surface area contributed by atoms with Gasteiger partial charge in [-0.25, -0.2) is 0 Å². The maximum Gasteiger partial charge on any atom is 0.231 e. The largest absolute Gasteiger partial charge is 0.490 e. The fourth-order valence-electron chi connectivity index (χ4n) is 3.12. The van der Waals surface area contributed by atoms with Crippen LogP contribution in [0.15, 0.2) is 59.1 Å². The molecule has 0 saturated heterocycles. The number of ether oxygens (including phenoxy) is 4. The molecule has 0 bridgehead atoms. The molecule has 0 aromatic heterocycles. The van der Waals surface area contributed by atoms with Crippen molar-refractivity contribution in [2.45, 2.75) is 20.1 Å². The quantitative estimate of drug-likeness (QED) is 0.395. The second kappa shape index (κ2) is 9.49. The Kier molecular flexibility index (Phi) is 6.55. The van der Waals surface area contributed by atoms with E-state index in [-0.39, 0.29) is 6.79 Å². The number of fused-ring (bicyclic) bond motifs is 1. The van der Waals surface area contributed by atoms with Crippen LogP contribution in [-0.2, 0) is 13.2 Å². The van der Waals surface area contributed by atoms with Crippen molar-refractivity contribution in [3.8, 4) is 23.0 Å². The van der Waals surface area contributed by atoms with Gasteiger partial charge in [-0.2, -0.15) is 0 Å². The molecule has 5 nitrogen and oxygen atoms in total. The lowest BCUT2D eigenvalue weighted by molar-refractivity contribution is 0.174. The summed E-state index contributed by atoms with van der Waals surface area (Å²) in [7, 11) is 0. The first-order valence-electron chi connectivity index (χ1n) is 9.58. The van der Waals surface area contributed by atoms with E-state index in [0.29, 0.717) is 36.3 Å². The second-order valence-corrected chi connectivity index (χ2v) is 7.97. The molecule has 4 rings (SSSR count). The minimum absolute atomic E-state index is 0.264. The van der Waals surface area contributed by atoms with Crippen molar-refractivity contribution >= 4 is 33.2 Å². The van der Waals surface area contributed by atoms with E-state index < -0.39 is 0 Å². The fraction of sp³-hybridized carbons (Fsp3) is 0.217. The van der Waals surface area contributed by atoms with Crippen LogP contribution < -0.4 is 24.3 Å². The number of hydrogen-bond acceptors (Lipinski definition) is 5. The van der Waals surface area contributed by atoms with Gasteiger partial charge in [-0.05, 0) is 70.4 Å². The standard InChI is InChI=1S/C23H21BrClNO4/c1-2-27-22-10-16(12-26-18-6-7-20-21(11-18)30-14-29-20)9-19(24)23(22)28-13-15-4-3-5-17(25)8-15/h3-11,26H,2,12-14H2,1H3. The van der Waals surface area contributed by atoms with Crippen molar-refractivity contribution in [1.29, 1.82) is 0 Å². The van der Waals surface area contributed by atoms with E-state index in [1.54, 1.807) is 0 Å². The normalized spacial score (nSPS) is 12.0. The van der Waals surface area contributed by atoms with Crippen LogP contribution in [-0.4, -0.2) is 13.4 Å². The van der Waals surface area contributed by atoms with Crippen LogP contribution in [0.4, 0.5) is 5.69 Å². The zero-order chi connectivity index (χ0) is 20.9. The Morgan fingerprint density at radius 1 is 1.00 bits per heavy atom. The van der Waals surface area contributed by atoms with E-state index in [0.717, 1.165) is 32.8 Å². The summed E-state index contributed by atoms with van der Waals surface area (Å²) in [6.07, 6.45) is 0. The summed E-state index contributed by atoms with van der Waals surface area (Å²) < 4.78 is 23.5. The Morgan fingerprint density at radius 2 is 1.87 bits per heavy atom. The van der Waals surface area contributed by atoms with Gasteiger partial charge < -0.3 is 24.3 Å². The summed E-state index contributed by atoms with van der Waals surface area (Å²) in [6, 6.07) is 17.4. The zero-order valence-corrected chi connectivity index (χ0v) is 18.8. The highest BCUT2D eigenvalue weighted by atomic mass is 79.9. The lowest BCUT2D eigenvalue weighted by Crippen LogP contribution is -2.04. The first kappa shape index (κ1) is 20.7. The van der Waals surface area contributed by atoms with Gasteiger partial charge in [0.1, 0.15) is 6.61 Å². The Balaban J connectivity index is 1.47. The zero-order valence-electron chi connectivity index (χ0n) is 16.4. The Labute approximate surface area is 189 Å². The molecule has 3 aromatic rings. The van der Waals surface area contributed by atoms with E-state index in [1.165, 1.54) is 0 Å². The molecule has 1 aliphatic rings.